The Bertz CT molecular complexity index is 966. The van der Waals surface area contributed by atoms with Crippen molar-refractivity contribution in [3.8, 4) is 11.5 Å². The normalized spacial score (nSPS) is 23.4. The highest BCUT2D eigenvalue weighted by Gasteiger charge is 2.37. The molecule has 0 amide bonds. The first-order valence-electron chi connectivity index (χ1n) is 9.01. The lowest BCUT2D eigenvalue weighted by Gasteiger charge is -2.34. The van der Waals surface area contributed by atoms with Crippen LogP contribution in [0.3, 0.4) is 0 Å². The van der Waals surface area contributed by atoms with E-state index in [1.54, 1.807) is 24.3 Å². The van der Waals surface area contributed by atoms with Gasteiger partial charge in [-0.3, -0.25) is 9.59 Å². The number of ketones is 1. The fourth-order valence-electron chi connectivity index (χ4n) is 3.57. The van der Waals surface area contributed by atoms with Gasteiger partial charge >= 0.3 is 5.97 Å². The molecule has 1 aliphatic carbocycles. The van der Waals surface area contributed by atoms with Crippen molar-refractivity contribution in [2.75, 3.05) is 0 Å². The van der Waals surface area contributed by atoms with Gasteiger partial charge in [0.2, 0.25) is 0 Å². The highest BCUT2D eigenvalue weighted by Crippen LogP contribution is 2.44. The minimum Gasteiger partial charge on any atom is -0.490 e. The van der Waals surface area contributed by atoms with Crippen LogP contribution in [0.5, 0.6) is 11.5 Å². The molecule has 0 radical (unpaired) electrons. The zero-order valence-corrected chi connectivity index (χ0v) is 16.6. The molecule has 28 heavy (non-hydrogen) atoms. The number of carboxylic acids is 1. The molecule has 0 bridgehead atoms. The van der Waals surface area contributed by atoms with Gasteiger partial charge in [-0.25, -0.2) is 0 Å². The van der Waals surface area contributed by atoms with Crippen molar-refractivity contribution in [3.05, 3.63) is 57.1 Å². The van der Waals surface area contributed by atoms with Crippen LogP contribution < -0.4 is 9.47 Å². The van der Waals surface area contributed by atoms with Crippen molar-refractivity contribution >= 4 is 35.0 Å². The van der Waals surface area contributed by atoms with E-state index in [1.807, 2.05) is 13.0 Å². The number of rotatable bonds is 4. The lowest BCUT2D eigenvalue weighted by Crippen LogP contribution is -2.38. The molecule has 0 saturated heterocycles. The number of carbonyl (C=O) groups excluding carboxylic acids is 1. The van der Waals surface area contributed by atoms with E-state index in [0.29, 0.717) is 45.5 Å². The number of hydrogen-bond donors (Lipinski definition) is 1. The first kappa shape index (κ1) is 19.1. The second kappa shape index (κ2) is 7.30. The number of benzene rings is 2. The molecule has 1 unspecified atom stereocenters. The van der Waals surface area contributed by atoms with Gasteiger partial charge < -0.3 is 14.6 Å². The Kier molecular flexibility index (Phi) is 4.98. The molecule has 0 spiro atoms. The fourth-order valence-corrected chi connectivity index (χ4v) is 3.94. The minimum absolute atomic E-state index is 0.0538. The van der Waals surface area contributed by atoms with Gasteiger partial charge in [-0.05, 0) is 49.6 Å². The average Bonchev–Trinajstić information content (AvgIpc) is 2.60. The summed E-state index contributed by atoms with van der Waals surface area (Å²) in [5, 5.41) is 9.97. The summed E-state index contributed by atoms with van der Waals surface area (Å²) in [4.78, 5) is 23.7. The third-order valence-corrected chi connectivity index (χ3v) is 5.98. The van der Waals surface area contributed by atoms with Gasteiger partial charge in [-0.2, -0.15) is 0 Å². The van der Waals surface area contributed by atoms with E-state index >= 15 is 0 Å². The molecule has 1 N–H and O–H groups in total. The van der Waals surface area contributed by atoms with Crippen molar-refractivity contribution < 1.29 is 24.2 Å². The largest absolute Gasteiger partial charge is 0.490 e. The number of aryl methyl sites for hydroxylation is 1. The van der Waals surface area contributed by atoms with E-state index in [4.69, 9.17) is 37.8 Å². The van der Waals surface area contributed by atoms with Gasteiger partial charge in [0, 0.05) is 10.6 Å². The summed E-state index contributed by atoms with van der Waals surface area (Å²) in [7, 11) is 0. The highest BCUT2D eigenvalue weighted by molar-refractivity contribution is 6.33. The zero-order chi connectivity index (χ0) is 20.0. The predicted molar refractivity (Wildman–Crippen MR) is 105 cm³/mol. The SMILES string of the molecule is Cc1cc(C2CC(=O)c3cccc(Cl)c3O2)c(OC2CC(C(=O)O)C2)cc1Cl. The molecule has 146 valence electrons. The molecule has 1 fully saturated rings. The molecular formula is C21H18Cl2O5. The number of carboxylic acid groups (broad SMARTS) is 1. The van der Waals surface area contributed by atoms with E-state index in [9.17, 15) is 9.59 Å². The van der Waals surface area contributed by atoms with Crippen LogP contribution in [0.4, 0.5) is 0 Å². The second-order valence-electron chi connectivity index (χ2n) is 7.24. The molecule has 1 heterocycles. The molecule has 5 nitrogen and oxygen atoms in total. The maximum absolute atomic E-state index is 12.6. The average molecular weight is 421 g/mol. The molecule has 2 aromatic rings. The van der Waals surface area contributed by atoms with Crippen molar-refractivity contribution in [1.29, 1.82) is 0 Å². The molecule has 1 atom stereocenters. The van der Waals surface area contributed by atoms with E-state index < -0.39 is 12.1 Å². The van der Waals surface area contributed by atoms with Gasteiger partial charge in [0.25, 0.3) is 0 Å². The van der Waals surface area contributed by atoms with Crippen LogP contribution in [0.1, 0.15) is 46.9 Å². The summed E-state index contributed by atoms with van der Waals surface area (Å²) < 4.78 is 12.1. The van der Waals surface area contributed by atoms with Gasteiger partial charge in [0.1, 0.15) is 23.7 Å². The second-order valence-corrected chi connectivity index (χ2v) is 8.05. The highest BCUT2D eigenvalue weighted by atomic mass is 35.5. The number of fused-ring (bicyclic) bond motifs is 1. The lowest BCUT2D eigenvalue weighted by atomic mass is 9.82. The van der Waals surface area contributed by atoms with Crippen molar-refractivity contribution in [2.45, 2.75) is 38.4 Å². The molecule has 2 aliphatic rings. The number of para-hydroxylation sites is 1. The third kappa shape index (κ3) is 3.45. The van der Waals surface area contributed by atoms with E-state index in [2.05, 4.69) is 0 Å². The summed E-state index contributed by atoms with van der Waals surface area (Å²) in [6, 6.07) is 8.66. The Balaban J connectivity index is 1.64. The van der Waals surface area contributed by atoms with E-state index in [0.717, 1.165) is 5.56 Å². The van der Waals surface area contributed by atoms with Crippen LogP contribution in [0.15, 0.2) is 30.3 Å². The van der Waals surface area contributed by atoms with Crippen LogP contribution in [0.2, 0.25) is 10.0 Å². The minimum atomic E-state index is -0.811. The molecule has 2 aromatic carbocycles. The molecule has 7 heteroatoms. The summed E-state index contributed by atoms with van der Waals surface area (Å²) in [5.41, 5.74) is 2.02. The van der Waals surface area contributed by atoms with Crippen molar-refractivity contribution in [3.63, 3.8) is 0 Å². The number of carbonyl (C=O) groups is 2. The van der Waals surface area contributed by atoms with Gasteiger partial charge in [0.15, 0.2) is 5.78 Å². The maximum Gasteiger partial charge on any atom is 0.306 e. The van der Waals surface area contributed by atoms with Crippen molar-refractivity contribution in [1.82, 2.24) is 0 Å². The molecule has 0 aromatic heterocycles. The number of halogens is 2. The summed E-state index contributed by atoms with van der Waals surface area (Å²) >= 11 is 12.5. The Morgan fingerprint density at radius 1 is 1.21 bits per heavy atom. The summed E-state index contributed by atoms with van der Waals surface area (Å²) in [6.07, 6.45) is 0.293. The Morgan fingerprint density at radius 2 is 1.96 bits per heavy atom. The molecule has 1 saturated carbocycles. The topological polar surface area (TPSA) is 72.8 Å². The van der Waals surface area contributed by atoms with Crippen LogP contribution in [0, 0.1) is 12.8 Å². The molecule has 4 rings (SSSR count). The quantitative estimate of drug-likeness (QED) is 0.730. The Morgan fingerprint density at radius 3 is 2.68 bits per heavy atom. The van der Waals surface area contributed by atoms with Crippen LogP contribution in [0.25, 0.3) is 0 Å². The van der Waals surface area contributed by atoms with Crippen LogP contribution in [-0.4, -0.2) is 23.0 Å². The zero-order valence-electron chi connectivity index (χ0n) is 15.1. The van der Waals surface area contributed by atoms with Gasteiger partial charge in [-0.1, -0.05) is 29.3 Å². The number of hydrogen-bond acceptors (Lipinski definition) is 4. The number of Topliss-reactive ketones (excluding diaryl/α,β-unsaturated/α-hetero) is 1. The van der Waals surface area contributed by atoms with Gasteiger partial charge in [-0.15, -0.1) is 0 Å². The fraction of sp³-hybridized carbons (Fsp3) is 0.333. The Labute approximate surface area is 172 Å². The molecule has 1 aliphatic heterocycles. The number of aliphatic carboxylic acids is 1. The van der Waals surface area contributed by atoms with Crippen molar-refractivity contribution in [2.24, 2.45) is 5.92 Å². The lowest BCUT2D eigenvalue weighted by molar-refractivity contribution is -0.148. The Hall–Kier alpha value is -2.24. The summed E-state index contributed by atoms with van der Waals surface area (Å²) in [6.45, 7) is 1.87. The van der Waals surface area contributed by atoms with E-state index in [1.165, 1.54) is 0 Å². The monoisotopic (exact) mass is 420 g/mol. The van der Waals surface area contributed by atoms with Crippen LogP contribution >= 0.6 is 23.2 Å². The van der Waals surface area contributed by atoms with Crippen LogP contribution in [-0.2, 0) is 4.79 Å². The smallest absolute Gasteiger partial charge is 0.306 e. The first-order valence-corrected chi connectivity index (χ1v) is 9.77. The maximum atomic E-state index is 12.6. The summed E-state index contributed by atoms with van der Waals surface area (Å²) in [5.74, 6) is -0.361. The number of ether oxygens (including phenoxy) is 2. The van der Waals surface area contributed by atoms with E-state index in [-0.39, 0.29) is 24.2 Å². The standard InChI is InChI=1S/C21H18Cl2O5/c1-10-5-14(18(8-16(10)23)27-12-6-11(7-12)21(25)26)19-9-17(24)13-3-2-4-15(22)20(13)28-19/h2-5,8,11-12,19H,6-7,9H2,1H3,(H,25,26). The first-order chi connectivity index (χ1) is 13.3. The molecular weight excluding hydrogens is 403 g/mol. The predicted octanol–water partition coefficient (Wildman–Crippen LogP) is 5.25. The van der Waals surface area contributed by atoms with Gasteiger partial charge in [0.05, 0.1) is 22.9 Å². The third-order valence-electron chi connectivity index (χ3n) is 5.27.